The minimum absolute atomic E-state index is 0.162. The molecule has 164 valence electrons. The normalized spacial score (nSPS) is 21.3. The Morgan fingerprint density at radius 1 is 1.03 bits per heavy atom. The first-order chi connectivity index (χ1) is 14.7. The van der Waals surface area contributed by atoms with Gasteiger partial charge in [0.15, 0.2) is 5.69 Å². The molecule has 1 aromatic heterocycles. The highest BCUT2D eigenvalue weighted by Crippen LogP contribution is 2.37. The molecule has 0 radical (unpaired) electrons. The molecule has 2 heterocycles. The molecule has 2 aliphatic rings. The molecule has 1 saturated heterocycles. The van der Waals surface area contributed by atoms with Crippen LogP contribution in [-0.2, 0) is 27.1 Å². The van der Waals surface area contributed by atoms with Crippen molar-refractivity contribution in [2.45, 2.75) is 38.4 Å². The monoisotopic (exact) mass is 434 g/mol. The number of halogens is 3. The number of rotatable bonds is 5. The van der Waals surface area contributed by atoms with Gasteiger partial charge in [0, 0.05) is 12.7 Å². The molecule has 2 atom stereocenters. The van der Waals surface area contributed by atoms with Crippen molar-refractivity contribution in [1.82, 2.24) is 20.0 Å². The van der Waals surface area contributed by atoms with Crippen molar-refractivity contribution < 1.29 is 27.6 Å². The molecule has 2 unspecified atom stereocenters. The molecule has 0 bridgehead atoms. The van der Waals surface area contributed by atoms with Crippen molar-refractivity contribution in [3.63, 3.8) is 0 Å². The topological polar surface area (TPSA) is 84.3 Å². The predicted molar refractivity (Wildman–Crippen MR) is 103 cm³/mol. The van der Waals surface area contributed by atoms with Gasteiger partial charge in [-0.05, 0) is 36.6 Å². The molecule has 2 aromatic rings. The number of carbonyl (C=O) groups is 3. The summed E-state index contributed by atoms with van der Waals surface area (Å²) in [6.07, 6.45) is -0.0496. The molecular weight excluding hydrogens is 413 g/mol. The van der Waals surface area contributed by atoms with E-state index in [2.05, 4.69) is 10.4 Å². The second-order valence-electron chi connectivity index (χ2n) is 7.85. The molecule has 31 heavy (non-hydrogen) atoms. The molecule has 1 aliphatic heterocycles. The van der Waals surface area contributed by atoms with Crippen LogP contribution in [0.3, 0.4) is 0 Å². The Kier molecular flexibility index (Phi) is 5.55. The number of fused-ring (bicyclic) bond motifs is 1. The molecule has 7 nitrogen and oxygen atoms in total. The number of hydrogen-bond donors (Lipinski definition) is 1. The van der Waals surface area contributed by atoms with Crippen LogP contribution in [0.2, 0.25) is 0 Å². The molecule has 1 aromatic carbocycles. The lowest BCUT2D eigenvalue weighted by Gasteiger charge is -2.19. The van der Waals surface area contributed by atoms with Crippen LogP contribution in [0, 0.1) is 11.8 Å². The van der Waals surface area contributed by atoms with Gasteiger partial charge < -0.3 is 5.32 Å². The predicted octanol–water partition coefficient (Wildman–Crippen LogP) is 2.68. The summed E-state index contributed by atoms with van der Waals surface area (Å²) in [5, 5.41) is 6.19. The molecule has 3 amide bonds. The maximum Gasteiger partial charge on any atom is 0.435 e. The van der Waals surface area contributed by atoms with E-state index in [9.17, 15) is 27.6 Å². The second-order valence-corrected chi connectivity index (χ2v) is 7.85. The van der Waals surface area contributed by atoms with Gasteiger partial charge in [0.25, 0.3) is 0 Å². The van der Waals surface area contributed by atoms with Gasteiger partial charge in [0.1, 0.15) is 6.54 Å². The zero-order chi connectivity index (χ0) is 22.2. The summed E-state index contributed by atoms with van der Waals surface area (Å²) in [6.45, 7) is -0.134. The highest BCUT2D eigenvalue weighted by Gasteiger charge is 2.48. The van der Waals surface area contributed by atoms with Gasteiger partial charge in [-0.3, -0.25) is 19.3 Å². The maximum absolute atomic E-state index is 12.7. The lowest BCUT2D eigenvalue weighted by atomic mass is 9.81. The maximum atomic E-state index is 12.7. The number of aromatic nitrogens is 2. The number of benzene rings is 1. The lowest BCUT2D eigenvalue weighted by molar-refractivity contribution is -0.143. The third-order valence-corrected chi connectivity index (χ3v) is 5.80. The van der Waals surface area contributed by atoms with Crippen LogP contribution in [0.15, 0.2) is 36.5 Å². The van der Waals surface area contributed by atoms with Crippen LogP contribution < -0.4 is 5.32 Å². The largest absolute Gasteiger partial charge is 0.435 e. The van der Waals surface area contributed by atoms with Crippen LogP contribution in [0.25, 0.3) is 5.69 Å². The minimum Gasteiger partial charge on any atom is -0.350 e. The average molecular weight is 434 g/mol. The van der Waals surface area contributed by atoms with E-state index in [4.69, 9.17) is 0 Å². The van der Waals surface area contributed by atoms with Crippen molar-refractivity contribution in [2.24, 2.45) is 11.8 Å². The number of nitrogens with zero attached hydrogens (tertiary/aromatic N) is 3. The van der Waals surface area contributed by atoms with Crippen LogP contribution in [-0.4, -0.2) is 38.9 Å². The van der Waals surface area contributed by atoms with E-state index in [-0.39, 0.29) is 36.7 Å². The standard InChI is InChI=1S/C21H21F3N4O3/c22-21(23,24)17-9-10-28(26-17)14-7-5-13(6-8-14)11-25-18(29)12-27-19(30)15-3-1-2-4-16(15)20(27)31/h5-10,15-16H,1-4,11-12H2,(H,25,29). The van der Waals surface area contributed by atoms with Crippen molar-refractivity contribution in [1.29, 1.82) is 0 Å². The smallest absolute Gasteiger partial charge is 0.350 e. The highest BCUT2D eigenvalue weighted by molar-refractivity contribution is 6.07. The summed E-state index contributed by atoms with van der Waals surface area (Å²) in [5.74, 6) is -1.53. The van der Waals surface area contributed by atoms with Crippen molar-refractivity contribution in [3.05, 3.63) is 47.8 Å². The molecule has 0 spiro atoms. The zero-order valence-electron chi connectivity index (χ0n) is 16.6. The highest BCUT2D eigenvalue weighted by atomic mass is 19.4. The van der Waals surface area contributed by atoms with Gasteiger partial charge in [-0.15, -0.1) is 0 Å². The second kappa shape index (κ2) is 8.16. The SMILES string of the molecule is O=C(CN1C(=O)C2CCCCC2C1=O)NCc1ccc(-n2ccc(C(F)(F)F)n2)cc1. The molecule has 1 saturated carbocycles. The van der Waals surface area contributed by atoms with E-state index in [1.165, 1.54) is 6.20 Å². The van der Waals surface area contributed by atoms with E-state index in [1.807, 2.05) is 0 Å². The summed E-state index contributed by atoms with van der Waals surface area (Å²) in [4.78, 5) is 38.2. The van der Waals surface area contributed by atoms with E-state index >= 15 is 0 Å². The molecule has 2 fully saturated rings. The molecule has 1 aliphatic carbocycles. The van der Waals surface area contributed by atoms with Gasteiger partial charge in [-0.1, -0.05) is 25.0 Å². The zero-order valence-corrected chi connectivity index (χ0v) is 16.6. The van der Waals surface area contributed by atoms with E-state index in [0.29, 0.717) is 24.1 Å². The number of nitrogens with one attached hydrogen (secondary N) is 1. The fourth-order valence-electron chi connectivity index (χ4n) is 4.17. The van der Waals surface area contributed by atoms with Gasteiger partial charge in [0.05, 0.1) is 17.5 Å². The number of hydrogen-bond acceptors (Lipinski definition) is 4. The Bertz CT molecular complexity index is 976. The summed E-state index contributed by atoms with van der Waals surface area (Å²) >= 11 is 0. The number of carbonyl (C=O) groups excluding carboxylic acids is 3. The quantitative estimate of drug-likeness (QED) is 0.734. The average Bonchev–Trinajstić information content (AvgIpc) is 3.34. The summed E-state index contributed by atoms with van der Waals surface area (Å²) in [5.41, 5.74) is 0.184. The van der Waals surface area contributed by atoms with Crippen LogP contribution in [0.4, 0.5) is 13.2 Å². The number of amides is 3. The number of imide groups is 1. The fourth-order valence-corrected chi connectivity index (χ4v) is 4.17. The summed E-state index contributed by atoms with van der Waals surface area (Å²) in [7, 11) is 0. The molecular formula is C21H21F3N4O3. The summed E-state index contributed by atoms with van der Waals surface area (Å²) in [6, 6.07) is 7.39. The van der Waals surface area contributed by atoms with Gasteiger partial charge in [-0.2, -0.15) is 18.3 Å². The first-order valence-corrected chi connectivity index (χ1v) is 10.1. The van der Waals surface area contributed by atoms with Gasteiger partial charge in [-0.25, -0.2) is 4.68 Å². The number of alkyl halides is 3. The van der Waals surface area contributed by atoms with Crippen molar-refractivity contribution >= 4 is 17.7 Å². The molecule has 1 N–H and O–H groups in total. The molecule has 10 heteroatoms. The number of likely N-dealkylation sites (tertiary alicyclic amines) is 1. The van der Waals surface area contributed by atoms with Crippen molar-refractivity contribution in [2.75, 3.05) is 6.54 Å². The first kappa shape index (κ1) is 21.1. The molecule has 4 rings (SSSR count). The first-order valence-electron chi connectivity index (χ1n) is 10.1. The Morgan fingerprint density at radius 3 is 2.19 bits per heavy atom. The third kappa shape index (κ3) is 4.33. The van der Waals surface area contributed by atoms with E-state index in [0.717, 1.165) is 28.5 Å². The van der Waals surface area contributed by atoms with Crippen molar-refractivity contribution in [3.8, 4) is 5.69 Å². The van der Waals surface area contributed by atoms with Crippen LogP contribution >= 0.6 is 0 Å². The summed E-state index contributed by atoms with van der Waals surface area (Å²) < 4.78 is 39.1. The van der Waals surface area contributed by atoms with Crippen LogP contribution in [0.1, 0.15) is 36.9 Å². The van der Waals surface area contributed by atoms with Gasteiger partial charge >= 0.3 is 6.18 Å². The Hall–Kier alpha value is -3.17. The minimum atomic E-state index is -4.51. The third-order valence-electron chi connectivity index (χ3n) is 5.80. The lowest BCUT2D eigenvalue weighted by Crippen LogP contribution is -2.40. The Labute approximate surface area is 176 Å². The van der Waals surface area contributed by atoms with Gasteiger partial charge in [0.2, 0.25) is 17.7 Å². The van der Waals surface area contributed by atoms with E-state index < -0.39 is 17.8 Å². The van der Waals surface area contributed by atoms with Crippen LogP contribution in [0.5, 0.6) is 0 Å². The van der Waals surface area contributed by atoms with E-state index in [1.54, 1.807) is 24.3 Å². The Morgan fingerprint density at radius 2 is 1.65 bits per heavy atom. The Balaban J connectivity index is 1.32. The fraction of sp³-hybridized carbons (Fsp3) is 0.429.